The van der Waals surface area contributed by atoms with Crippen LogP contribution in [-0.2, 0) is 6.54 Å². The number of rotatable bonds is 4. The minimum atomic E-state index is -4.71. The van der Waals surface area contributed by atoms with E-state index in [0.717, 1.165) is 17.0 Å². The van der Waals surface area contributed by atoms with Gasteiger partial charge >= 0.3 is 6.36 Å². The molecule has 2 aliphatic rings. The smallest absolute Gasteiger partial charge is 0.406 e. The van der Waals surface area contributed by atoms with Gasteiger partial charge in [0.1, 0.15) is 17.7 Å². The average molecular weight is 389 g/mol. The van der Waals surface area contributed by atoms with Crippen LogP contribution in [0.4, 0.5) is 17.6 Å². The van der Waals surface area contributed by atoms with Gasteiger partial charge in [0.05, 0.1) is 11.4 Å². The predicted octanol–water partition coefficient (Wildman–Crippen LogP) is 4.64. The van der Waals surface area contributed by atoms with Crippen molar-refractivity contribution in [2.45, 2.75) is 19.1 Å². The second-order valence-corrected chi connectivity index (χ2v) is 6.31. The van der Waals surface area contributed by atoms with Crippen LogP contribution in [0.15, 0.2) is 77.7 Å². The quantitative estimate of drug-likeness (QED) is 0.775. The van der Waals surface area contributed by atoms with Crippen molar-refractivity contribution in [3.8, 4) is 5.75 Å². The molecule has 0 fully saturated rings. The molecule has 8 heteroatoms. The summed E-state index contributed by atoms with van der Waals surface area (Å²) in [6, 6.07) is 12.1. The van der Waals surface area contributed by atoms with Gasteiger partial charge in [0.2, 0.25) is 0 Å². The zero-order valence-electron chi connectivity index (χ0n) is 14.4. The van der Waals surface area contributed by atoms with Gasteiger partial charge in [-0.2, -0.15) is 0 Å². The molecule has 0 spiro atoms. The first-order chi connectivity index (χ1) is 13.4. The van der Waals surface area contributed by atoms with E-state index < -0.39 is 12.5 Å². The molecule has 1 unspecified atom stereocenters. The van der Waals surface area contributed by atoms with Gasteiger partial charge in [0.25, 0.3) is 0 Å². The number of hydrogen-bond acceptors (Lipinski definition) is 4. The summed E-state index contributed by atoms with van der Waals surface area (Å²) in [5, 5.41) is 3.18. The fraction of sp³-hybridized carbons (Fsp3) is 0.150. The molecule has 2 aliphatic heterocycles. The Hall–Kier alpha value is -3.29. The van der Waals surface area contributed by atoms with E-state index in [-0.39, 0.29) is 11.6 Å². The van der Waals surface area contributed by atoms with Crippen LogP contribution in [0.2, 0.25) is 0 Å². The van der Waals surface area contributed by atoms with E-state index in [4.69, 9.17) is 0 Å². The molecule has 1 N–H and O–H groups in total. The van der Waals surface area contributed by atoms with Gasteiger partial charge in [-0.3, -0.25) is 4.99 Å². The van der Waals surface area contributed by atoms with Crippen LogP contribution in [0.5, 0.6) is 5.75 Å². The number of aliphatic imine (C=N–C) groups is 1. The number of allylic oxidation sites excluding steroid dienone is 1. The fourth-order valence-electron chi connectivity index (χ4n) is 3.02. The third-order valence-electron chi connectivity index (χ3n) is 4.28. The van der Waals surface area contributed by atoms with Crippen LogP contribution >= 0.6 is 0 Å². The first-order valence-corrected chi connectivity index (χ1v) is 8.47. The van der Waals surface area contributed by atoms with E-state index in [9.17, 15) is 17.6 Å². The van der Waals surface area contributed by atoms with Crippen LogP contribution in [-0.4, -0.2) is 17.0 Å². The number of benzene rings is 2. The van der Waals surface area contributed by atoms with E-state index in [1.54, 1.807) is 30.3 Å². The Kier molecular flexibility index (Phi) is 4.54. The number of hydrogen-bond donors (Lipinski definition) is 1. The lowest BCUT2D eigenvalue weighted by Crippen LogP contribution is -2.22. The average Bonchev–Trinajstić information content (AvgIpc) is 3.05. The molecule has 0 aliphatic carbocycles. The zero-order chi connectivity index (χ0) is 19.7. The highest BCUT2D eigenvalue weighted by molar-refractivity contribution is 6.09. The molecule has 144 valence electrons. The predicted molar refractivity (Wildman–Crippen MR) is 95.6 cm³/mol. The lowest BCUT2D eigenvalue weighted by Gasteiger charge is -2.21. The Morgan fingerprint density at radius 3 is 2.54 bits per heavy atom. The Balaban J connectivity index is 1.44. The van der Waals surface area contributed by atoms with E-state index in [0.29, 0.717) is 12.1 Å². The summed E-state index contributed by atoms with van der Waals surface area (Å²) in [5.74, 6) is -0.589. The van der Waals surface area contributed by atoms with Gasteiger partial charge < -0.3 is 15.0 Å². The Morgan fingerprint density at radius 1 is 1.07 bits per heavy atom. The highest BCUT2D eigenvalue weighted by atomic mass is 19.4. The van der Waals surface area contributed by atoms with Crippen molar-refractivity contribution < 1.29 is 22.3 Å². The highest BCUT2D eigenvalue weighted by Gasteiger charge is 2.31. The molecule has 4 nitrogen and oxygen atoms in total. The molecule has 0 amide bonds. The SMILES string of the molecule is Fc1ccccc1C1N=C2C=CN(Cc3ccc(OC(F)(F)F)cc3)C=C2N1. The van der Waals surface area contributed by atoms with Gasteiger partial charge in [0.15, 0.2) is 0 Å². The maximum Gasteiger partial charge on any atom is 0.573 e. The number of alkyl halides is 3. The number of ether oxygens (including phenoxy) is 1. The van der Waals surface area contributed by atoms with Gasteiger partial charge in [-0.1, -0.05) is 30.3 Å². The number of nitrogens with zero attached hydrogens (tertiary/aromatic N) is 2. The minimum Gasteiger partial charge on any atom is -0.406 e. The molecule has 0 radical (unpaired) electrons. The van der Waals surface area contributed by atoms with Gasteiger partial charge in [-0.05, 0) is 29.8 Å². The summed E-state index contributed by atoms with van der Waals surface area (Å²) in [5.41, 5.74) is 2.75. The van der Waals surface area contributed by atoms with Crippen molar-refractivity contribution in [1.82, 2.24) is 10.2 Å². The number of halogens is 4. The van der Waals surface area contributed by atoms with Crippen molar-refractivity contribution >= 4 is 5.71 Å². The molecule has 2 aromatic rings. The largest absolute Gasteiger partial charge is 0.573 e. The van der Waals surface area contributed by atoms with Crippen molar-refractivity contribution in [2.75, 3.05) is 0 Å². The van der Waals surface area contributed by atoms with Crippen LogP contribution in [0, 0.1) is 5.82 Å². The molecule has 28 heavy (non-hydrogen) atoms. The molecule has 4 rings (SSSR count). The summed E-state index contributed by atoms with van der Waals surface area (Å²) in [7, 11) is 0. The summed E-state index contributed by atoms with van der Waals surface area (Å²) < 4.78 is 54.5. The molecule has 1 atom stereocenters. The zero-order valence-corrected chi connectivity index (χ0v) is 14.4. The molecular weight excluding hydrogens is 374 g/mol. The Morgan fingerprint density at radius 2 is 1.82 bits per heavy atom. The maximum absolute atomic E-state index is 14.0. The molecule has 0 aromatic heterocycles. The first-order valence-electron chi connectivity index (χ1n) is 8.47. The van der Waals surface area contributed by atoms with Crippen LogP contribution in [0.25, 0.3) is 0 Å². The second-order valence-electron chi connectivity index (χ2n) is 6.31. The van der Waals surface area contributed by atoms with Crippen LogP contribution < -0.4 is 10.1 Å². The Labute approximate surface area is 158 Å². The molecule has 2 aromatic carbocycles. The first kappa shape index (κ1) is 18.1. The molecular formula is C20H15F4N3O. The molecule has 0 saturated carbocycles. The summed E-state index contributed by atoms with van der Waals surface area (Å²) >= 11 is 0. The van der Waals surface area contributed by atoms with E-state index in [2.05, 4.69) is 15.0 Å². The van der Waals surface area contributed by atoms with Gasteiger partial charge in [-0.25, -0.2) is 4.39 Å². The van der Waals surface area contributed by atoms with Crippen molar-refractivity contribution in [1.29, 1.82) is 0 Å². The normalized spacial score (nSPS) is 18.3. The second kappa shape index (κ2) is 7.03. The minimum absolute atomic E-state index is 0.261. The molecule has 2 heterocycles. The lowest BCUT2D eigenvalue weighted by atomic mass is 10.1. The van der Waals surface area contributed by atoms with Gasteiger partial charge in [0, 0.05) is 24.5 Å². The third kappa shape index (κ3) is 4.00. The van der Waals surface area contributed by atoms with Crippen molar-refractivity contribution in [3.05, 3.63) is 89.6 Å². The van der Waals surface area contributed by atoms with Crippen molar-refractivity contribution in [3.63, 3.8) is 0 Å². The fourth-order valence-corrected chi connectivity index (χ4v) is 3.02. The third-order valence-corrected chi connectivity index (χ3v) is 4.28. The summed E-state index contributed by atoms with van der Waals surface area (Å²) in [6.07, 6.45) is 0.254. The van der Waals surface area contributed by atoms with Crippen LogP contribution in [0.1, 0.15) is 17.3 Å². The topological polar surface area (TPSA) is 36.9 Å². The lowest BCUT2D eigenvalue weighted by molar-refractivity contribution is -0.274. The monoisotopic (exact) mass is 389 g/mol. The van der Waals surface area contributed by atoms with E-state index in [1.807, 2.05) is 23.4 Å². The van der Waals surface area contributed by atoms with E-state index in [1.165, 1.54) is 18.2 Å². The summed E-state index contributed by atoms with van der Waals surface area (Å²) in [4.78, 5) is 6.35. The summed E-state index contributed by atoms with van der Waals surface area (Å²) in [6.45, 7) is 0.450. The van der Waals surface area contributed by atoms with Crippen molar-refractivity contribution in [2.24, 2.45) is 4.99 Å². The van der Waals surface area contributed by atoms with Gasteiger partial charge in [-0.15, -0.1) is 13.2 Å². The maximum atomic E-state index is 14.0. The Bertz CT molecular complexity index is 964. The van der Waals surface area contributed by atoms with E-state index >= 15 is 0 Å². The number of nitrogens with one attached hydrogen (secondary N) is 1. The standard InChI is InChI=1S/C20H15F4N3O/c21-16-4-2-1-3-15(16)19-25-17-9-10-27(12-18(17)26-19)11-13-5-7-14(8-6-13)28-20(22,23)24/h1-10,12,19,26H,11H2. The molecule has 0 saturated heterocycles. The van der Waals surface area contributed by atoms with Crippen LogP contribution in [0.3, 0.4) is 0 Å². The number of fused-ring (bicyclic) bond motifs is 1. The molecule has 0 bridgehead atoms. The highest BCUT2D eigenvalue weighted by Crippen LogP contribution is 2.28.